The Morgan fingerprint density at radius 2 is 1.85 bits per heavy atom. The fourth-order valence-electron chi connectivity index (χ4n) is 3.40. The van der Waals surface area contributed by atoms with Gasteiger partial charge >= 0.3 is 0 Å². The van der Waals surface area contributed by atoms with Crippen molar-refractivity contribution in [2.45, 2.75) is 26.7 Å². The molecule has 1 aromatic carbocycles. The van der Waals surface area contributed by atoms with Gasteiger partial charge < -0.3 is 10.6 Å². The third-order valence-corrected chi connectivity index (χ3v) is 6.31. The molecule has 3 aromatic rings. The Labute approximate surface area is 157 Å². The first-order valence-corrected chi connectivity index (χ1v) is 9.90. The van der Waals surface area contributed by atoms with E-state index in [1.807, 2.05) is 17.0 Å². The van der Waals surface area contributed by atoms with Gasteiger partial charge in [0.25, 0.3) is 5.91 Å². The van der Waals surface area contributed by atoms with E-state index in [1.165, 1.54) is 16.9 Å². The molecule has 0 radical (unpaired) electrons. The molecule has 3 heterocycles. The van der Waals surface area contributed by atoms with Crippen LogP contribution in [0.5, 0.6) is 0 Å². The first kappa shape index (κ1) is 17.0. The fourth-order valence-corrected chi connectivity index (χ4v) is 4.46. The maximum Gasteiger partial charge on any atom is 0.266 e. The molecule has 1 saturated heterocycles. The molecule has 0 saturated carbocycles. The summed E-state index contributed by atoms with van der Waals surface area (Å²) in [4.78, 5) is 21.1. The Hall–Kier alpha value is -2.40. The minimum Gasteiger partial charge on any atom is -0.397 e. The minimum absolute atomic E-state index is 0.0503. The summed E-state index contributed by atoms with van der Waals surface area (Å²) in [6, 6.07) is 12.3. The van der Waals surface area contributed by atoms with E-state index >= 15 is 0 Å². The molecular weight excluding hydrogens is 342 g/mol. The molecule has 1 aliphatic heterocycles. The van der Waals surface area contributed by atoms with Crippen LogP contribution in [0.3, 0.4) is 0 Å². The van der Waals surface area contributed by atoms with Crippen LogP contribution in [0.1, 0.15) is 35.0 Å². The van der Waals surface area contributed by atoms with Crippen molar-refractivity contribution in [3.63, 3.8) is 0 Å². The molecule has 4 nitrogen and oxygen atoms in total. The summed E-state index contributed by atoms with van der Waals surface area (Å²) >= 11 is 1.41. The second-order valence-corrected chi connectivity index (χ2v) is 8.23. The average molecular weight is 366 g/mol. The second-order valence-electron chi connectivity index (χ2n) is 7.23. The van der Waals surface area contributed by atoms with Gasteiger partial charge in [0, 0.05) is 24.0 Å². The summed E-state index contributed by atoms with van der Waals surface area (Å²) in [5, 5.41) is 0.875. The van der Waals surface area contributed by atoms with E-state index in [0.717, 1.165) is 47.4 Å². The number of carbonyl (C=O) groups is 1. The number of fused-ring (bicyclic) bond motifs is 1. The highest BCUT2D eigenvalue weighted by Gasteiger charge is 2.25. The van der Waals surface area contributed by atoms with Gasteiger partial charge in [0.15, 0.2) is 0 Å². The lowest BCUT2D eigenvalue weighted by molar-refractivity contribution is 0.0703. The van der Waals surface area contributed by atoms with E-state index in [1.54, 1.807) is 0 Å². The summed E-state index contributed by atoms with van der Waals surface area (Å²) in [5.74, 6) is 0.742. The van der Waals surface area contributed by atoms with Gasteiger partial charge in [-0.05, 0) is 37.8 Å². The number of aromatic nitrogens is 1. The van der Waals surface area contributed by atoms with E-state index in [4.69, 9.17) is 10.7 Å². The number of likely N-dealkylation sites (tertiary alicyclic amines) is 1. The van der Waals surface area contributed by atoms with Gasteiger partial charge in [-0.15, -0.1) is 11.3 Å². The molecular formula is C21H23N3OS. The Bertz CT molecular complexity index is 953. The quantitative estimate of drug-likeness (QED) is 0.714. The van der Waals surface area contributed by atoms with Crippen LogP contribution < -0.4 is 5.73 Å². The van der Waals surface area contributed by atoms with Gasteiger partial charge in [-0.2, -0.15) is 0 Å². The number of anilines is 1. The normalized spacial score (nSPS) is 15.5. The first-order valence-electron chi connectivity index (χ1n) is 9.08. The van der Waals surface area contributed by atoms with Crippen molar-refractivity contribution in [3.05, 3.63) is 46.8 Å². The number of thiophene rings is 1. The van der Waals surface area contributed by atoms with Crippen molar-refractivity contribution >= 4 is 33.1 Å². The van der Waals surface area contributed by atoms with Gasteiger partial charge in [0.1, 0.15) is 9.71 Å². The monoisotopic (exact) mass is 365 g/mol. The molecule has 1 aliphatic rings. The molecule has 0 atom stereocenters. The molecule has 5 heteroatoms. The maximum atomic E-state index is 12.9. The van der Waals surface area contributed by atoms with Gasteiger partial charge in [-0.3, -0.25) is 4.79 Å². The number of hydrogen-bond acceptors (Lipinski definition) is 4. The Balaban J connectivity index is 1.68. The summed E-state index contributed by atoms with van der Waals surface area (Å²) in [6.07, 6.45) is 2.12. The number of carbonyl (C=O) groups excluding carboxylic acids is 1. The van der Waals surface area contributed by atoms with Crippen LogP contribution in [0.15, 0.2) is 36.4 Å². The average Bonchev–Trinajstić information content (AvgIpc) is 2.98. The van der Waals surface area contributed by atoms with E-state index in [-0.39, 0.29) is 5.91 Å². The van der Waals surface area contributed by atoms with Gasteiger partial charge in [-0.1, -0.05) is 36.8 Å². The first-order chi connectivity index (χ1) is 12.5. The lowest BCUT2D eigenvalue weighted by atomic mass is 9.99. The molecule has 1 fully saturated rings. The Kier molecular flexibility index (Phi) is 4.41. The van der Waals surface area contributed by atoms with Gasteiger partial charge in [-0.25, -0.2) is 4.98 Å². The molecule has 4 rings (SSSR count). The third-order valence-electron chi connectivity index (χ3n) is 5.21. The topological polar surface area (TPSA) is 59.2 Å². The summed E-state index contributed by atoms with van der Waals surface area (Å²) in [7, 11) is 0. The van der Waals surface area contributed by atoms with Crippen molar-refractivity contribution in [2.75, 3.05) is 18.8 Å². The minimum atomic E-state index is 0.0503. The van der Waals surface area contributed by atoms with E-state index in [9.17, 15) is 4.79 Å². The molecule has 0 unspecified atom stereocenters. The predicted octanol–water partition coefficient (Wildman–Crippen LogP) is 4.73. The fraction of sp³-hybridized carbons (Fsp3) is 0.333. The summed E-state index contributed by atoms with van der Waals surface area (Å²) in [6.45, 7) is 5.94. The number of nitrogens with zero attached hydrogens (tertiary/aromatic N) is 2. The molecule has 0 aliphatic carbocycles. The highest BCUT2D eigenvalue weighted by Crippen LogP contribution is 2.35. The lowest BCUT2D eigenvalue weighted by Crippen LogP contribution is -2.37. The number of rotatable bonds is 2. The number of nitrogen functional groups attached to an aromatic ring is 1. The van der Waals surface area contributed by atoms with Crippen LogP contribution in [0.2, 0.25) is 0 Å². The summed E-state index contributed by atoms with van der Waals surface area (Å²) in [5.41, 5.74) is 10.1. The molecule has 134 valence electrons. The number of amides is 1. The zero-order valence-electron chi connectivity index (χ0n) is 15.2. The standard InChI is InChI=1S/C21H23N3OS/c1-13-3-5-15(6-4-13)17-8-7-16-18(22)19(26-20(16)23-17)21(25)24-11-9-14(2)10-12-24/h3-8,14H,9-12,22H2,1-2H3. The molecule has 26 heavy (non-hydrogen) atoms. The zero-order valence-corrected chi connectivity index (χ0v) is 16.0. The van der Waals surface area contributed by atoms with Gasteiger partial charge in [0.2, 0.25) is 0 Å². The van der Waals surface area contributed by atoms with Gasteiger partial charge in [0.05, 0.1) is 11.4 Å². The molecule has 0 spiro atoms. The number of hydrogen-bond donors (Lipinski definition) is 1. The maximum absolute atomic E-state index is 12.9. The lowest BCUT2D eigenvalue weighted by Gasteiger charge is -2.30. The smallest absolute Gasteiger partial charge is 0.266 e. The summed E-state index contributed by atoms with van der Waals surface area (Å²) < 4.78 is 0. The number of aryl methyl sites for hydroxylation is 1. The van der Waals surface area contributed by atoms with Crippen LogP contribution in [0.25, 0.3) is 21.5 Å². The zero-order chi connectivity index (χ0) is 18.3. The number of piperidine rings is 1. The largest absolute Gasteiger partial charge is 0.397 e. The molecule has 0 bridgehead atoms. The van der Waals surface area contributed by atoms with Crippen molar-refractivity contribution < 1.29 is 4.79 Å². The highest BCUT2D eigenvalue weighted by molar-refractivity contribution is 7.21. The van der Waals surface area contributed by atoms with E-state index in [0.29, 0.717) is 16.5 Å². The van der Waals surface area contributed by atoms with Crippen molar-refractivity contribution in [1.29, 1.82) is 0 Å². The van der Waals surface area contributed by atoms with Crippen LogP contribution >= 0.6 is 11.3 Å². The van der Waals surface area contributed by atoms with Crippen LogP contribution in [0, 0.1) is 12.8 Å². The third kappa shape index (κ3) is 3.07. The Morgan fingerprint density at radius 3 is 2.54 bits per heavy atom. The molecule has 2 N–H and O–H groups in total. The van der Waals surface area contributed by atoms with Crippen molar-refractivity contribution in [2.24, 2.45) is 5.92 Å². The number of benzene rings is 1. The van der Waals surface area contributed by atoms with Crippen LogP contribution in [0.4, 0.5) is 5.69 Å². The molecule has 1 amide bonds. The van der Waals surface area contributed by atoms with E-state index < -0.39 is 0 Å². The number of nitrogens with two attached hydrogens (primary N) is 1. The Morgan fingerprint density at radius 1 is 1.15 bits per heavy atom. The van der Waals surface area contributed by atoms with Crippen LogP contribution in [-0.2, 0) is 0 Å². The van der Waals surface area contributed by atoms with Crippen LogP contribution in [-0.4, -0.2) is 28.9 Å². The number of pyridine rings is 1. The highest BCUT2D eigenvalue weighted by atomic mass is 32.1. The SMILES string of the molecule is Cc1ccc(-c2ccc3c(N)c(C(=O)N4CCC(C)CC4)sc3n2)cc1. The van der Waals surface area contributed by atoms with Crippen molar-refractivity contribution in [1.82, 2.24) is 9.88 Å². The van der Waals surface area contributed by atoms with E-state index in [2.05, 4.69) is 38.1 Å². The predicted molar refractivity (Wildman–Crippen MR) is 109 cm³/mol. The molecule has 2 aromatic heterocycles. The second kappa shape index (κ2) is 6.72. The van der Waals surface area contributed by atoms with Crippen molar-refractivity contribution in [3.8, 4) is 11.3 Å².